The molecular formula is C42H30N2O2. The zero-order chi connectivity index (χ0) is 30.8. The third-order valence-electron chi connectivity index (χ3n) is 10.0. The molecule has 2 amide bonds. The first kappa shape index (κ1) is 26.6. The molecule has 3 aliphatic rings. The Morgan fingerprint density at radius 2 is 1.07 bits per heavy atom. The van der Waals surface area contributed by atoms with Gasteiger partial charge in [0.15, 0.2) is 0 Å². The van der Waals surface area contributed by atoms with Crippen LogP contribution >= 0.6 is 0 Å². The molecule has 0 heterocycles. The lowest BCUT2D eigenvalue weighted by molar-refractivity contribution is -0.135. The summed E-state index contributed by atoms with van der Waals surface area (Å²) >= 11 is 0. The maximum Gasteiger partial charge on any atom is 0.248 e. The highest BCUT2D eigenvalue weighted by Gasteiger charge is 2.41. The van der Waals surface area contributed by atoms with E-state index in [1.165, 1.54) is 22.3 Å². The fourth-order valence-electron chi connectivity index (χ4n) is 8.05. The molecule has 3 aliphatic carbocycles. The van der Waals surface area contributed by atoms with Gasteiger partial charge in [0.1, 0.15) is 6.04 Å². The SMILES string of the molecule is O=CN(C(C(=O)NC1c2ccccc2-c2ccccc21)c1ccc2c(c1)Cc1ccccc1-2)C1c2ccccc2-c2ccccc21. The molecule has 6 aromatic rings. The van der Waals surface area contributed by atoms with E-state index in [2.05, 4.69) is 90.2 Å². The molecule has 1 N–H and O–H groups in total. The number of nitrogens with zero attached hydrogens (tertiary/aromatic N) is 1. The maximum absolute atomic E-state index is 14.9. The highest BCUT2D eigenvalue weighted by molar-refractivity contribution is 5.90. The average molecular weight is 595 g/mol. The van der Waals surface area contributed by atoms with Gasteiger partial charge in [0.2, 0.25) is 12.3 Å². The Labute approximate surface area is 268 Å². The van der Waals surface area contributed by atoms with E-state index in [1.807, 2.05) is 54.6 Å². The quantitative estimate of drug-likeness (QED) is 0.197. The van der Waals surface area contributed by atoms with E-state index >= 15 is 0 Å². The van der Waals surface area contributed by atoms with Crippen LogP contribution in [-0.4, -0.2) is 17.2 Å². The first-order valence-electron chi connectivity index (χ1n) is 15.8. The first-order chi connectivity index (χ1) is 22.7. The minimum absolute atomic E-state index is 0.207. The summed E-state index contributed by atoms with van der Waals surface area (Å²) in [4.78, 5) is 30.1. The minimum Gasteiger partial charge on any atom is -0.343 e. The van der Waals surface area contributed by atoms with Gasteiger partial charge < -0.3 is 10.2 Å². The zero-order valence-corrected chi connectivity index (χ0v) is 25.1. The van der Waals surface area contributed by atoms with Gasteiger partial charge in [-0.05, 0) is 78.7 Å². The Balaban J connectivity index is 1.18. The zero-order valence-electron chi connectivity index (χ0n) is 25.1. The summed E-state index contributed by atoms with van der Waals surface area (Å²) in [5.41, 5.74) is 14.3. The second-order valence-electron chi connectivity index (χ2n) is 12.4. The summed E-state index contributed by atoms with van der Waals surface area (Å²) in [5.74, 6) is -0.207. The molecule has 0 aliphatic heterocycles. The number of nitrogens with one attached hydrogen (secondary N) is 1. The molecule has 0 radical (unpaired) electrons. The third kappa shape index (κ3) is 3.93. The summed E-state index contributed by atoms with van der Waals surface area (Å²) in [6.45, 7) is 0. The number of carbonyl (C=O) groups excluding carboxylic acids is 2. The van der Waals surface area contributed by atoms with E-state index < -0.39 is 12.1 Å². The van der Waals surface area contributed by atoms with Crippen molar-refractivity contribution in [2.75, 3.05) is 0 Å². The van der Waals surface area contributed by atoms with Gasteiger partial charge >= 0.3 is 0 Å². The highest BCUT2D eigenvalue weighted by atomic mass is 16.2. The van der Waals surface area contributed by atoms with Crippen LogP contribution in [0.3, 0.4) is 0 Å². The van der Waals surface area contributed by atoms with Crippen LogP contribution in [-0.2, 0) is 16.0 Å². The summed E-state index contributed by atoms with van der Waals surface area (Å²) in [7, 11) is 0. The largest absolute Gasteiger partial charge is 0.343 e. The second-order valence-corrected chi connectivity index (χ2v) is 12.4. The lowest BCUT2D eigenvalue weighted by Gasteiger charge is -2.35. The van der Waals surface area contributed by atoms with Crippen LogP contribution in [0.2, 0.25) is 0 Å². The van der Waals surface area contributed by atoms with Gasteiger partial charge in [-0.25, -0.2) is 0 Å². The fraction of sp³-hybridized carbons (Fsp3) is 0.0952. The molecular weight excluding hydrogens is 564 g/mol. The van der Waals surface area contributed by atoms with Crippen molar-refractivity contribution in [1.29, 1.82) is 0 Å². The number of hydrogen-bond acceptors (Lipinski definition) is 2. The third-order valence-corrected chi connectivity index (χ3v) is 10.0. The molecule has 0 saturated carbocycles. The Morgan fingerprint density at radius 3 is 1.65 bits per heavy atom. The van der Waals surface area contributed by atoms with Crippen LogP contribution < -0.4 is 5.32 Å². The number of carbonyl (C=O) groups is 2. The van der Waals surface area contributed by atoms with Gasteiger partial charge in [-0.3, -0.25) is 9.59 Å². The van der Waals surface area contributed by atoms with Gasteiger partial charge in [-0.15, -0.1) is 0 Å². The second kappa shape index (κ2) is 10.4. The van der Waals surface area contributed by atoms with Crippen molar-refractivity contribution in [3.8, 4) is 33.4 Å². The Bertz CT molecular complexity index is 2110. The van der Waals surface area contributed by atoms with E-state index in [0.29, 0.717) is 0 Å². The molecule has 0 saturated heterocycles. The first-order valence-corrected chi connectivity index (χ1v) is 15.8. The molecule has 0 bridgehead atoms. The van der Waals surface area contributed by atoms with Crippen molar-refractivity contribution >= 4 is 12.3 Å². The summed E-state index contributed by atoms with van der Waals surface area (Å²) in [5, 5.41) is 3.42. The Kier molecular flexibility index (Phi) is 6.04. The van der Waals surface area contributed by atoms with E-state index in [-0.39, 0.29) is 11.9 Å². The van der Waals surface area contributed by atoms with Crippen LogP contribution in [0.15, 0.2) is 140 Å². The van der Waals surface area contributed by atoms with Gasteiger partial charge in [-0.2, -0.15) is 0 Å². The van der Waals surface area contributed by atoms with Crippen molar-refractivity contribution in [2.45, 2.75) is 24.5 Å². The molecule has 46 heavy (non-hydrogen) atoms. The van der Waals surface area contributed by atoms with Crippen molar-refractivity contribution in [2.24, 2.45) is 0 Å². The number of hydrogen-bond donors (Lipinski definition) is 1. The van der Waals surface area contributed by atoms with Crippen LogP contribution in [0, 0.1) is 0 Å². The molecule has 4 heteroatoms. The summed E-state index contributed by atoms with van der Waals surface area (Å²) in [6.07, 6.45) is 1.67. The predicted molar refractivity (Wildman–Crippen MR) is 181 cm³/mol. The standard InChI is InChI=1S/C42H30N2O2/c45-25-44(41-37-19-9-5-15-33(37)34-16-6-10-20-38(34)41)40(27-21-22-30-28(24-27)23-26-11-1-2-12-29(26)30)42(46)43-39-35-17-7-3-13-31(35)32-14-4-8-18-36(32)39/h1-22,24-25,39-41H,23H2,(H,43,46). The topological polar surface area (TPSA) is 49.4 Å². The number of benzene rings is 6. The van der Waals surface area contributed by atoms with Crippen molar-refractivity contribution in [1.82, 2.24) is 10.2 Å². The normalized spacial score (nSPS) is 14.3. The Hall–Kier alpha value is -5.74. The average Bonchev–Trinajstić information content (AvgIpc) is 3.75. The van der Waals surface area contributed by atoms with Crippen LogP contribution in [0.25, 0.3) is 33.4 Å². The van der Waals surface area contributed by atoms with Gasteiger partial charge in [-0.1, -0.05) is 140 Å². The van der Waals surface area contributed by atoms with E-state index in [9.17, 15) is 9.59 Å². The monoisotopic (exact) mass is 594 g/mol. The van der Waals surface area contributed by atoms with E-state index in [1.54, 1.807) is 4.90 Å². The molecule has 0 spiro atoms. The molecule has 4 nitrogen and oxygen atoms in total. The van der Waals surface area contributed by atoms with Crippen molar-refractivity contribution in [3.63, 3.8) is 0 Å². The van der Waals surface area contributed by atoms with Gasteiger partial charge in [0.25, 0.3) is 0 Å². The molecule has 1 atom stereocenters. The number of fused-ring (bicyclic) bond motifs is 9. The lowest BCUT2D eigenvalue weighted by atomic mass is 9.94. The highest BCUT2D eigenvalue weighted by Crippen LogP contribution is 2.49. The molecule has 6 aromatic carbocycles. The number of amides is 2. The van der Waals surface area contributed by atoms with Crippen molar-refractivity contribution in [3.05, 3.63) is 178 Å². The molecule has 220 valence electrons. The van der Waals surface area contributed by atoms with E-state index in [4.69, 9.17) is 0 Å². The molecule has 9 rings (SSSR count). The van der Waals surface area contributed by atoms with Crippen LogP contribution in [0.1, 0.15) is 57.1 Å². The molecule has 0 aromatic heterocycles. The smallest absolute Gasteiger partial charge is 0.248 e. The molecule has 1 unspecified atom stereocenters. The summed E-state index contributed by atoms with van der Waals surface area (Å²) in [6, 6.07) is 46.1. The lowest BCUT2D eigenvalue weighted by Crippen LogP contribution is -2.43. The fourth-order valence-corrected chi connectivity index (χ4v) is 8.05. The predicted octanol–water partition coefficient (Wildman–Crippen LogP) is 8.41. The van der Waals surface area contributed by atoms with Gasteiger partial charge in [0.05, 0.1) is 12.1 Å². The van der Waals surface area contributed by atoms with Crippen LogP contribution in [0.4, 0.5) is 0 Å². The summed E-state index contributed by atoms with van der Waals surface area (Å²) < 4.78 is 0. The van der Waals surface area contributed by atoms with Gasteiger partial charge in [0, 0.05) is 0 Å². The maximum atomic E-state index is 14.9. The van der Waals surface area contributed by atoms with E-state index in [0.717, 1.165) is 62.9 Å². The van der Waals surface area contributed by atoms with Crippen LogP contribution in [0.5, 0.6) is 0 Å². The minimum atomic E-state index is -0.865. The number of rotatable bonds is 6. The van der Waals surface area contributed by atoms with Crippen molar-refractivity contribution < 1.29 is 9.59 Å². The molecule has 0 fully saturated rings. The Morgan fingerprint density at radius 1 is 0.587 bits per heavy atom.